The lowest BCUT2D eigenvalue weighted by Gasteiger charge is -2.56. The van der Waals surface area contributed by atoms with Crippen molar-refractivity contribution in [3.05, 3.63) is 23.5 Å². The lowest BCUT2D eigenvalue weighted by molar-refractivity contribution is -0.130. The molecule has 1 aromatic rings. The van der Waals surface area contributed by atoms with Crippen LogP contribution in [0.25, 0.3) is 0 Å². The second kappa shape index (κ2) is 7.21. The van der Waals surface area contributed by atoms with Gasteiger partial charge in [0.05, 0.1) is 17.5 Å². The summed E-state index contributed by atoms with van der Waals surface area (Å²) < 4.78 is 0. The number of hydrogen-bond acceptors (Lipinski definition) is 4. The first kappa shape index (κ1) is 18.4. The summed E-state index contributed by atoms with van der Waals surface area (Å²) in [7, 11) is 0. The van der Waals surface area contributed by atoms with Crippen LogP contribution >= 0.6 is 0 Å². The Morgan fingerprint density at radius 1 is 1.19 bits per heavy atom. The van der Waals surface area contributed by atoms with E-state index in [1.54, 1.807) is 13.0 Å². The van der Waals surface area contributed by atoms with E-state index in [0.717, 1.165) is 17.8 Å². The number of nitrogens with zero attached hydrogens (tertiary/aromatic N) is 2. The van der Waals surface area contributed by atoms with Gasteiger partial charge < -0.3 is 10.6 Å². The highest BCUT2D eigenvalue weighted by atomic mass is 16.2. The zero-order valence-electron chi connectivity index (χ0n) is 16.3. The van der Waals surface area contributed by atoms with Gasteiger partial charge in [-0.2, -0.15) is 10.2 Å². The number of rotatable bonds is 6. The third-order valence-electron chi connectivity index (χ3n) is 6.83. The van der Waals surface area contributed by atoms with Crippen molar-refractivity contribution in [2.45, 2.75) is 64.8 Å². The highest BCUT2D eigenvalue weighted by Crippen LogP contribution is 2.61. The standard InChI is InChI=1S/C21H30N4O2/c1-13(12-22-20(27)18-3-4-23-25-14(18)2)24-19(26)11-21-8-15-5-16(9-21)7-17(6-15)10-21/h3-4,13,15-17H,5-12H2,1-2H3,(H,22,27)(H,24,26)/t13-,15?,16?,17?,21?/m1/s1. The first-order chi connectivity index (χ1) is 12.9. The average Bonchev–Trinajstić information content (AvgIpc) is 2.58. The van der Waals surface area contributed by atoms with E-state index in [9.17, 15) is 9.59 Å². The fourth-order valence-electron chi connectivity index (χ4n) is 6.21. The molecule has 1 heterocycles. The van der Waals surface area contributed by atoms with E-state index < -0.39 is 0 Å². The summed E-state index contributed by atoms with van der Waals surface area (Å²) >= 11 is 0. The quantitative estimate of drug-likeness (QED) is 0.806. The van der Waals surface area contributed by atoms with E-state index >= 15 is 0 Å². The molecule has 1 atom stereocenters. The molecule has 5 rings (SSSR count). The molecule has 0 saturated heterocycles. The van der Waals surface area contributed by atoms with Crippen LogP contribution in [-0.2, 0) is 4.79 Å². The molecule has 4 aliphatic carbocycles. The Balaban J connectivity index is 1.26. The molecular weight excluding hydrogens is 340 g/mol. The largest absolute Gasteiger partial charge is 0.352 e. The molecule has 146 valence electrons. The Morgan fingerprint density at radius 3 is 2.41 bits per heavy atom. The zero-order chi connectivity index (χ0) is 19.0. The first-order valence-electron chi connectivity index (χ1n) is 10.3. The number of carbonyl (C=O) groups is 2. The van der Waals surface area contributed by atoms with Crippen molar-refractivity contribution < 1.29 is 9.59 Å². The van der Waals surface area contributed by atoms with Crippen molar-refractivity contribution in [1.29, 1.82) is 0 Å². The maximum atomic E-state index is 12.7. The monoisotopic (exact) mass is 370 g/mol. The second-order valence-corrected chi connectivity index (χ2v) is 9.30. The molecule has 27 heavy (non-hydrogen) atoms. The van der Waals surface area contributed by atoms with E-state index in [0.29, 0.717) is 24.2 Å². The summed E-state index contributed by atoms with van der Waals surface area (Å²) in [5, 5.41) is 13.6. The van der Waals surface area contributed by atoms with E-state index in [4.69, 9.17) is 0 Å². The van der Waals surface area contributed by atoms with Gasteiger partial charge in [-0.1, -0.05) is 0 Å². The van der Waals surface area contributed by atoms with Gasteiger partial charge >= 0.3 is 0 Å². The summed E-state index contributed by atoms with van der Waals surface area (Å²) in [6, 6.07) is 1.57. The van der Waals surface area contributed by atoms with Gasteiger partial charge in [0.15, 0.2) is 0 Å². The summed E-state index contributed by atoms with van der Waals surface area (Å²) in [4.78, 5) is 24.9. The van der Waals surface area contributed by atoms with Gasteiger partial charge in [-0.25, -0.2) is 0 Å². The normalized spacial score (nSPS) is 32.1. The van der Waals surface area contributed by atoms with Gasteiger partial charge in [-0.05, 0) is 81.6 Å². The molecule has 2 N–H and O–H groups in total. The van der Waals surface area contributed by atoms with Gasteiger partial charge in [-0.3, -0.25) is 9.59 Å². The number of nitrogens with one attached hydrogen (secondary N) is 2. The van der Waals surface area contributed by atoms with E-state index in [1.165, 1.54) is 44.7 Å². The first-order valence-corrected chi connectivity index (χ1v) is 10.3. The van der Waals surface area contributed by atoms with Crippen LogP contribution in [-0.4, -0.2) is 34.6 Å². The molecule has 0 radical (unpaired) electrons. The lowest BCUT2D eigenvalue weighted by atomic mass is 9.49. The molecule has 4 bridgehead atoms. The molecule has 1 aromatic heterocycles. The highest BCUT2D eigenvalue weighted by Gasteiger charge is 2.51. The molecule has 4 aliphatic rings. The lowest BCUT2D eigenvalue weighted by Crippen LogP contribution is -2.49. The molecule has 4 saturated carbocycles. The fraction of sp³-hybridized carbons (Fsp3) is 0.714. The van der Waals surface area contributed by atoms with Crippen LogP contribution < -0.4 is 10.6 Å². The molecule has 0 spiro atoms. The highest BCUT2D eigenvalue weighted by molar-refractivity contribution is 5.95. The summed E-state index contributed by atoms with van der Waals surface area (Å²) in [5.74, 6) is 2.54. The molecule has 2 amide bonds. The van der Waals surface area contributed by atoms with Crippen LogP contribution in [0, 0.1) is 30.1 Å². The average molecular weight is 370 g/mol. The third-order valence-corrected chi connectivity index (χ3v) is 6.83. The molecule has 6 heteroatoms. The Hall–Kier alpha value is -1.98. The number of aromatic nitrogens is 2. The molecule has 4 fully saturated rings. The van der Waals surface area contributed by atoms with Crippen LogP contribution in [0.5, 0.6) is 0 Å². The van der Waals surface area contributed by atoms with Crippen LogP contribution in [0.2, 0.25) is 0 Å². The molecule has 0 unspecified atom stereocenters. The minimum Gasteiger partial charge on any atom is -0.352 e. The Morgan fingerprint density at radius 2 is 1.81 bits per heavy atom. The summed E-state index contributed by atoms with van der Waals surface area (Å²) in [5.41, 5.74) is 1.38. The van der Waals surface area contributed by atoms with Gasteiger partial charge in [-0.15, -0.1) is 0 Å². The van der Waals surface area contributed by atoms with Crippen LogP contribution in [0.3, 0.4) is 0 Å². The van der Waals surface area contributed by atoms with Crippen LogP contribution in [0.15, 0.2) is 12.3 Å². The second-order valence-electron chi connectivity index (χ2n) is 9.30. The summed E-state index contributed by atoms with van der Waals surface area (Å²) in [6.07, 6.45) is 10.1. The maximum Gasteiger partial charge on any atom is 0.253 e. The van der Waals surface area contributed by atoms with Crippen LogP contribution in [0.4, 0.5) is 0 Å². The molecule has 6 nitrogen and oxygen atoms in total. The third kappa shape index (κ3) is 3.99. The number of aryl methyl sites for hydroxylation is 1. The molecular formula is C21H30N4O2. The van der Waals surface area contributed by atoms with Gasteiger partial charge in [0.25, 0.3) is 5.91 Å². The van der Waals surface area contributed by atoms with Crippen molar-refractivity contribution >= 4 is 11.8 Å². The van der Waals surface area contributed by atoms with Crippen molar-refractivity contribution in [3.63, 3.8) is 0 Å². The fourth-order valence-corrected chi connectivity index (χ4v) is 6.21. The molecule has 0 aromatic carbocycles. The number of hydrogen-bond donors (Lipinski definition) is 2. The van der Waals surface area contributed by atoms with Crippen molar-refractivity contribution in [3.8, 4) is 0 Å². The van der Waals surface area contributed by atoms with E-state index in [2.05, 4.69) is 20.8 Å². The predicted molar refractivity (Wildman–Crippen MR) is 102 cm³/mol. The number of carbonyl (C=O) groups excluding carboxylic acids is 2. The Bertz CT molecular complexity index is 697. The van der Waals surface area contributed by atoms with Crippen molar-refractivity contribution in [2.75, 3.05) is 6.54 Å². The Labute approximate surface area is 160 Å². The van der Waals surface area contributed by atoms with Gasteiger partial charge in [0.1, 0.15) is 0 Å². The molecule has 0 aliphatic heterocycles. The minimum absolute atomic E-state index is 0.0922. The maximum absolute atomic E-state index is 12.7. The minimum atomic E-state index is -0.176. The smallest absolute Gasteiger partial charge is 0.253 e. The van der Waals surface area contributed by atoms with Crippen molar-refractivity contribution in [2.24, 2.45) is 23.2 Å². The van der Waals surface area contributed by atoms with E-state index in [1.807, 2.05) is 6.92 Å². The number of amides is 2. The predicted octanol–water partition coefficient (Wildman–Crippen LogP) is 2.63. The zero-order valence-corrected chi connectivity index (χ0v) is 16.3. The summed E-state index contributed by atoms with van der Waals surface area (Å²) in [6.45, 7) is 4.11. The topological polar surface area (TPSA) is 84.0 Å². The van der Waals surface area contributed by atoms with Gasteiger partial charge in [0, 0.05) is 19.0 Å². The van der Waals surface area contributed by atoms with Crippen molar-refractivity contribution in [1.82, 2.24) is 20.8 Å². The van der Waals surface area contributed by atoms with Crippen LogP contribution in [0.1, 0.15) is 67.9 Å². The SMILES string of the molecule is Cc1nnccc1C(=O)NC[C@@H](C)NC(=O)CC12CC3CC(CC(C3)C1)C2. The van der Waals surface area contributed by atoms with E-state index in [-0.39, 0.29) is 23.3 Å². The Kier molecular flexibility index (Phi) is 4.91. The van der Waals surface area contributed by atoms with Gasteiger partial charge in [0.2, 0.25) is 5.91 Å².